The first kappa shape index (κ1) is 13.1. The number of hydrogen-bond donors (Lipinski definition) is 2. The van der Waals surface area contributed by atoms with Gasteiger partial charge >= 0.3 is 0 Å². The molecule has 0 aliphatic carbocycles. The summed E-state index contributed by atoms with van der Waals surface area (Å²) in [4.78, 5) is 25.5. The summed E-state index contributed by atoms with van der Waals surface area (Å²) in [5.41, 5.74) is 0.277. The minimum absolute atomic E-state index is 0.0506. The molecule has 1 aromatic rings. The molecule has 0 saturated carbocycles. The first-order chi connectivity index (χ1) is 9.66. The van der Waals surface area contributed by atoms with Crippen LogP contribution < -0.4 is 15.5 Å². The van der Waals surface area contributed by atoms with E-state index in [0.717, 1.165) is 0 Å². The lowest BCUT2D eigenvalue weighted by atomic mass is 10.0. The number of carbonyl (C=O) groups is 2. The predicted molar refractivity (Wildman–Crippen MR) is 71.7 cm³/mol. The highest BCUT2D eigenvalue weighted by atomic mass is 19.1. The molecule has 0 radical (unpaired) electrons. The molecule has 0 bridgehead atoms. The molecular formula is C14H16FN3O2. The van der Waals surface area contributed by atoms with E-state index in [1.807, 2.05) is 0 Å². The van der Waals surface area contributed by atoms with E-state index in [1.54, 1.807) is 18.2 Å². The number of carbonyl (C=O) groups excluding carboxylic acids is 2. The third kappa shape index (κ3) is 2.27. The highest BCUT2D eigenvalue weighted by Crippen LogP contribution is 2.24. The second-order valence-corrected chi connectivity index (χ2v) is 5.15. The van der Waals surface area contributed by atoms with Crippen LogP contribution in [-0.2, 0) is 9.59 Å². The normalized spacial score (nSPS) is 22.8. The monoisotopic (exact) mass is 277 g/mol. The van der Waals surface area contributed by atoms with Crippen LogP contribution in [0.1, 0.15) is 6.42 Å². The van der Waals surface area contributed by atoms with Gasteiger partial charge in [0.25, 0.3) is 0 Å². The zero-order chi connectivity index (χ0) is 14.1. The zero-order valence-electron chi connectivity index (χ0n) is 10.9. The summed E-state index contributed by atoms with van der Waals surface area (Å²) >= 11 is 0. The van der Waals surface area contributed by atoms with Crippen LogP contribution in [0.2, 0.25) is 0 Å². The van der Waals surface area contributed by atoms with Gasteiger partial charge in [-0.3, -0.25) is 9.59 Å². The molecule has 20 heavy (non-hydrogen) atoms. The lowest BCUT2D eigenvalue weighted by molar-refractivity contribution is -0.130. The summed E-state index contributed by atoms with van der Waals surface area (Å²) in [6, 6.07) is 5.64. The number of rotatable bonds is 3. The minimum atomic E-state index is -0.539. The van der Waals surface area contributed by atoms with Crippen molar-refractivity contribution in [3.05, 3.63) is 30.1 Å². The van der Waals surface area contributed by atoms with Crippen LogP contribution in [0.25, 0.3) is 0 Å². The molecule has 1 atom stereocenters. The van der Waals surface area contributed by atoms with Crippen molar-refractivity contribution in [2.45, 2.75) is 12.5 Å². The molecule has 2 saturated heterocycles. The molecule has 2 amide bonds. The quantitative estimate of drug-likeness (QED) is 0.833. The second-order valence-electron chi connectivity index (χ2n) is 5.15. The number of halogens is 1. The van der Waals surface area contributed by atoms with E-state index in [0.29, 0.717) is 26.1 Å². The van der Waals surface area contributed by atoms with E-state index >= 15 is 0 Å². The Kier molecular flexibility index (Phi) is 3.40. The lowest BCUT2D eigenvalue weighted by Crippen LogP contribution is -2.54. The fourth-order valence-electron chi connectivity index (χ4n) is 2.49. The molecule has 2 aliphatic rings. The van der Waals surface area contributed by atoms with Crippen LogP contribution in [0.5, 0.6) is 0 Å². The highest BCUT2D eigenvalue weighted by Gasteiger charge is 2.36. The zero-order valence-corrected chi connectivity index (χ0v) is 10.9. The summed E-state index contributed by atoms with van der Waals surface area (Å²) in [6.45, 7) is 1.74. The van der Waals surface area contributed by atoms with Crippen LogP contribution in [0.15, 0.2) is 24.3 Å². The van der Waals surface area contributed by atoms with Crippen molar-refractivity contribution < 1.29 is 14.0 Å². The molecule has 106 valence electrons. The van der Waals surface area contributed by atoms with E-state index in [9.17, 15) is 14.0 Å². The Morgan fingerprint density at radius 2 is 2.10 bits per heavy atom. The molecule has 0 spiro atoms. The molecule has 3 rings (SSSR count). The summed E-state index contributed by atoms with van der Waals surface area (Å²) in [5.74, 6) is -0.811. The highest BCUT2D eigenvalue weighted by molar-refractivity contribution is 6.01. The third-order valence-electron chi connectivity index (χ3n) is 3.82. The predicted octanol–water partition coefficient (Wildman–Crippen LogP) is 0.267. The van der Waals surface area contributed by atoms with Crippen molar-refractivity contribution >= 4 is 17.5 Å². The topological polar surface area (TPSA) is 61.4 Å². The summed E-state index contributed by atoms with van der Waals surface area (Å²) in [5, 5.41) is 5.77. The maximum atomic E-state index is 13.7. The van der Waals surface area contributed by atoms with Crippen LogP contribution in [0, 0.1) is 11.7 Å². The summed E-state index contributed by atoms with van der Waals surface area (Å²) in [6.07, 6.45) is 0.513. The lowest BCUT2D eigenvalue weighted by Gasteiger charge is -2.27. The van der Waals surface area contributed by atoms with Gasteiger partial charge in [-0.15, -0.1) is 0 Å². The Hall–Kier alpha value is -1.95. The van der Waals surface area contributed by atoms with Crippen molar-refractivity contribution in [1.29, 1.82) is 0 Å². The molecular weight excluding hydrogens is 261 g/mol. The van der Waals surface area contributed by atoms with E-state index < -0.39 is 11.9 Å². The number of benzene rings is 1. The van der Waals surface area contributed by atoms with E-state index in [-0.39, 0.29) is 23.4 Å². The maximum Gasteiger partial charge on any atom is 0.249 e. The average molecular weight is 277 g/mol. The number of nitrogens with one attached hydrogen (secondary N) is 2. The average Bonchev–Trinajstić information content (AvgIpc) is 2.70. The standard InChI is InChI=1S/C14H16FN3O2/c15-10-3-1-2-4-12(10)18-6-5-11(14(18)20)17-13(19)9-7-16-8-9/h1-4,9,11,16H,5-8H2,(H,17,19). The van der Waals surface area contributed by atoms with Gasteiger partial charge in [-0.2, -0.15) is 0 Å². The molecule has 2 N–H and O–H groups in total. The van der Waals surface area contributed by atoms with Gasteiger partial charge in [0.1, 0.15) is 11.9 Å². The molecule has 2 aliphatic heterocycles. The molecule has 1 unspecified atom stereocenters. The van der Waals surface area contributed by atoms with Crippen molar-refractivity contribution in [2.24, 2.45) is 5.92 Å². The largest absolute Gasteiger partial charge is 0.344 e. The molecule has 5 nitrogen and oxygen atoms in total. The first-order valence-corrected chi connectivity index (χ1v) is 6.74. The van der Waals surface area contributed by atoms with Gasteiger partial charge in [-0.25, -0.2) is 4.39 Å². The van der Waals surface area contributed by atoms with Gasteiger partial charge in [0.05, 0.1) is 11.6 Å². The molecule has 2 fully saturated rings. The second kappa shape index (κ2) is 5.20. The molecule has 1 aromatic carbocycles. The first-order valence-electron chi connectivity index (χ1n) is 6.74. The van der Waals surface area contributed by atoms with Crippen LogP contribution in [0.4, 0.5) is 10.1 Å². The Morgan fingerprint density at radius 3 is 2.75 bits per heavy atom. The fraction of sp³-hybridized carbons (Fsp3) is 0.429. The van der Waals surface area contributed by atoms with Gasteiger partial charge < -0.3 is 15.5 Å². The summed E-state index contributed by atoms with van der Waals surface area (Å²) in [7, 11) is 0. The van der Waals surface area contributed by atoms with Gasteiger partial charge in [-0.1, -0.05) is 12.1 Å². The van der Waals surface area contributed by atoms with Crippen LogP contribution in [0.3, 0.4) is 0 Å². The van der Waals surface area contributed by atoms with E-state index in [1.165, 1.54) is 11.0 Å². The van der Waals surface area contributed by atoms with Gasteiger partial charge in [0.15, 0.2) is 0 Å². The Morgan fingerprint density at radius 1 is 1.35 bits per heavy atom. The Labute approximate surface area is 116 Å². The summed E-state index contributed by atoms with van der Waals surface area (Å²) < 4.78 is 13.7. The number of nitrogens with zero attached hydrogens (tertiary/aromatic N) is 1. The molecule has 2 heterocycles. The SMILES string of the molecule is O=C(NC1CCN(c2ccccc2F)C1=O)C1CNC1. The fourth-order valence-corrected chi connectivity index (χ4v) is 2.49. The molecule has 0 aromatic heterocycles. The van der Waals surface area contributed by atoms with Gasteiger partial charge in [0, 0.05) is 19.6 Å². The number of amides is 2. The minimum Gasteiger partial charge on any atom is -0.344 e. The van der Waals surface area contributed by atoms with Gasteiger partial charge in [0.2, 0.25) is 11.8 Å². The van der Waals surface area contributed by atoms with Crippen LogP contribution in [-0.4, -0.2) is 37.5 Å². The maximum absolute atomic E-state index is 13.7. The van der Waals surface area contributed by atoms with E-state index in [4.69, 9.17) is 0 Å². The Balaban J connectivity index is 1.68. The smallest absolute Gasteiger partial charge is 0.249 e. The number of hydrogen-bond acceptors (Lipinski definition) is 3. The van der Waals surface area contributed by atoms with Crippen molar-refractivity contribution in [3.63, 3.8) is 0 Å². The van der Waals surface area contributed by atoms with Crippen LogP contribution >= 0.6 is 0 Å². The van der Waals surface area contributed by atoms with E-state index in [2.05, 4.69) is 10.6 Å². The third-order valence-corrected chi connectivity index (χ3v) is 3.82. The van der Waals surface area contributed by atoms with Gasteiger partial charge in [-0.05, 0) is 18.6 Å². The number of para-hydroxylation sites is 1. The van der Waals surface area contributed by atoms with Crippen molar-refractivity contribution in [3.8, 4) is 0 Å². The molecule has 6 heteroatoms. The Bertz CT molecular complexity index is 545. The van der Waals surface area contributed by atoms with Crippen molar-refractivity contribution in [1.82, 2.24) is 10.6 Å². The van der Waals surface area contributed by atoms with Crippen molar-refractivity contribution in [2.75, 3.05) is 24.5 Å². The number of anilines is 1.